The molecule has 0 spiro atoms. The first-order chi connectivity index (χ1) is 10.9. The van der Waals surface area contributed by atoms with Gasteiger partial charge >= 0.3 is 0 Å². The largest absolute Gasteiger partial charge is 0.256 e. The summed E-state index contributed by atoms with van der Waals surface area (Å²) >= 11 is 0. The Labute approximate surface area is 130 Å². The molecule has 1 fully saturated rings. The zero-order chi connectivity index (χ0) is 14.5. The molecule has 0 bridgehead atoms. The van der Waals surface area contributed by atoms with Gasteiger partial charge in [0.1, 0.15) is 0 Å². The van der Waals surface area contributed by atoms with Crippen LogP contribution in [0.25, 0.3) is 16.3 Å². The van der Waals surface area contributed by atoms with E-state index >= 15 is 0 Å². The molecule has 22 heavy (non-hydrogen) atoms. The van der Waals surface area contributed by atoms with Gasteiger partial charge in [-0.1, -0.05) is 65.8 Å². The van der Waals surface area contributed by atoms with Crippen molar-refractivity contribution in [3.05, 3.63) is 83.7 Å². The van der Waals surface area contributed by atoms with Gasteiger partial charge in [0.05, 0.1) is 5.69 Å². The van der Waals surface area contributed by atoms with Crippen LogP contribution in [0.3, 0.4) is 0 Å². The zero-order valence-electron chi connectivity index (χ0n) is 12.4. The highest BCUT2D eigenvalue weighted by Gasteiger charge is 2.37. The Hall–Kier alpha value is -2.41. The fourth-order valence-electron chi connectivity index (χ4n) is 4.26. The molecule has 2 aromatic rings. The number of benzene rings is 1. The predicted octanol–water partition coefficient (Wildman–Crippen LogP) is 5.08. The Morgan fingerprint density at radius 2 is 1.77 bits per heavy atom. The van der Waals surface area contributed by atoms with E-state index < -0.39 is 0 Å². The minimum atomic E-state index is 0.459. The third kappa shape index (κ3) is 1.62. The second kappa shape index (κ2) is 4.54. The molecule has 106 valence electrons. The van der Waals surface area contributed by atoms with Crippen molar-refractivity contribution < 1.29 is 0 Å². The fourth-order valence-corrected chi connectivity index (χ4v) is 4.26. The normalized spacial score (nSPS) is 25.5. The van der Waals surface area contributed by atoms with Crippen molar-refractivity contribution in [2.45, 2.75) is 12.8 Å². The summed E-state index contributed by atoms with van der Waals surface area (Å²) < 4.78 is 0. The maximum atomic E-state index is 4.74. The van der Waals surface area contributed by atoms with Crippen LogP contribution in [-0.2, 0) is 0 Å². The molecule has 3 aliphatic carbocycles. The number of aromatic nitrogens is 1. The molecule has 1 nitrogen and oxygen atoms in total. The number of hydrogen-bond donors (Lipinski definition) is 0. The molecule has 5 rings (SSSR count). The van der Waals surface area contributed by atoms with Gasteiger partial charge in [-0.05, 0) is 29.9 Å². The van der Waals surface area contributed by atoms with E-state index in [1.54, 1.807) is 11.1 Å². The van der Waals surface area contributed by atoms with Gasteiger partial charge in [0.2, 0.25) is 0 Å². The second-order valence-electron chi connectivity index (χ2n) is 6.37. The highest BCUT2D eigenvalue weighted by molar-refractivity contribution is 5.93. The smallest absolute Gasteiger partial charge is 0.0746 e. The second-order valence-corrected chi connectivity index (χ2v) is 6.37. The van der Waals surface area contributed by atoms with Crippen molar-refractivity contribution in [3.63, 3.8) is 0 Å². The van der Waals surface area contributed by atoms with Crippen LogP contribution >= 0.6 is 0 Å². The third-order valence-corrected chi connectivity index (χ3v) is 5.27. The molecule has 1 saturated carbocycles. The standard InChI is InChI=1S/C21H17N/c1-2-6-17-14(4-1)12-13-22-21(17)19-11-10-16-9-8-15-5-3-7-18(19)20(15)16/h1-7,10-13,18,20H,8-9H2. The molecule has 2 atom stereocenters. The van der Waals surface area contributed by atoms with Gasteiger partial charge in [-0.15, -0.1) is 0 Å². The van der Waals surface area contributed by atoms with Crippen LogP contribution in [0.5, 0.6) is 0 Å². The SMILES string of the molecule is C1=CC2C(c3nccc4ccccc34)=CC=C3CCC(=C1)C32. The maximum absolute atomic E-state index is 4.74. The molecule has 1 aromatic heterocycles. The molecule has 0 N–H and O–H groups in total. The van der Waals surface area contributed by atoms with Crippen molar-refractivity contribution in [2.75, 3.05) is 0 Å². The van der Waals surface area contributed by atoms with E-state index in [-0.39, 0.29) is 0 Å². The molecular weight excluding hydrogens is 266 g/mol. The van der Waals surface area contributed by atoms with E-state index in [1.165, 1.54) is 29.2 Å². The van der Waals surface area contributed by atoms with Gasteiger partial charge in [-0.2, -0.15) is 0 Å². The summed E-state index contributed by atoms with van der Waals surface area (Å²) in [6.45, 7) is 0. The zero-order valence-corrected chi connectivity index (χ0v) is 12.4. The lowest BCUT2D eigenvalue weighted by Crippen LogP contribution is -2.20. The first-order valence-corrected chi connectivity index (χ1v) is 8.04. The summed E-state index contributed by atoms with van der Waals surface area (Å²) in [7, 11) is 0. The Morgan fingerprint density at radius 3 is 2.73 bits per heavy atom. The summed E-state index contributed by atoms with van der Waals surface area (Å²) in [5, 5.41) is 2.53. The fraction of sp³-hybridized carbons (Fsp3) is 0.190. The van der Waals surface area contributed by atoms with Crippen molar-refractivity contribution in [2.24, 2.45) is 11.8 Å². The Balaban J connectivity index is 1.72. The quantitative estimate of drug-likeness (QED) is 0.711. The highest BCUT2D eigenvalue weighted by atomic mass is 14.7. The minimum Gasteiger partial charge on any atom is -0.256 e. The van der Waals surface area contributed by atoms with Gasteiger partial charge in [0.15, 0.2) is 0 Å². The topological polar surface area (TPSA) is 12.9 Å². The monoisotopic (exact) mass is 283 g/mol. The van der Waals surface area contributed by atoms with Crippen LogP contribution in [-0.4, -0.2) is 4.98 Å². The first kappa shape index (κ1) is 12.2. The number of hydrogen-bond acceptors (Lipinski definition) is 1. The lowest BCUT2D eigenvalue weighted by molar-refractivity contribution is 0.631. The molecule has 1 heterocycles. The van der Waals surface area contributed by atoms with Crippen LogP contribution in [0.4, 0.5) is 0 Å². The average Bonchev–Trinajstić information content (AvgIpc) is 3.00. The van der Waals surface area contributed by atoms with Gasteiger partial charge in [-0.25, -0.2) is 0 Å². The third-order valence-electron chi connectivity index (χ3n) is 5.27. The summed E-state index contributed by atoms with van der Waals surface area (Å²) in [6, 6.07) is 10.7. The van der Waals surface area contributed by atoms with Gasteiger partial charge in [0.25, 0.3) is 0 Å². The molecule has 0 radical (unpaired) electrons. The number of fused-ring (bicyclic) bond motifs is 1. The number of rotatable bonds is 1. The number of allylic oxidation sites excluding steroid dienone is 8. The van der Waals surface area contributed by atoms with Crippen LogP contribution < -0.4 is 0 Å². The lowest BCUT2D eigenvalue weighted by Gasteiger charge is -2.31. The van der Waals surface area contributed by atoms with Gasteiger partial charge < -0.3 is 0 Å². The van der Waals surface area contributed by atoms with Crippen molar-refractivity contribution in [3.8, 4) is 0 Å². The lowest BCUT2D eigenvalue weighted by atomic mass is 9.73. The van der Waals surface area contributed by atoms with Crippen LogP contribution in [0.15, 0.2) is 78.1 Å². The first-order valence-electron chi connectivity index (χ1n) is 8.04. The Bertz CT molecular complexity index is 890. The molecule has 2 unspecified atom stereocenters. The van der Waals surface area contributed by atoms with E-state index in [9.17, 15) is 0 Å². The number of nitrogens with zero attached hydrogens (tertiary/aromatic N) is 1. The van der Waals surface area contributed by atoms with Gasteiger partial charge in [0, 0.05) is 23.4 Å². The summed E-state index contributed by atoms with van der Waals surface area (Å²) in [6.07, 6.45) is 16.0. The maximum Gasteiger partial charge on any atom is 0.0746 e. The van der Waals surface area contributed by atoms with E-state index in [2.05, 4.69) is 60.7 Å². The van der Waals surface area contributed by atoms with E-state index in [1.807, 2.05) is 6.20 Å². The Morgan fingerprint density at radius 1 is 0.909 bits per heavy atom. The van der Waals surface area contributed by atoms with Crippen LogP contribution in [0, 0.1) is 11.8 Å². The molecular formula is C21H17N. The van der Waals surface area contributed by atoms with E-state index in [0.717, 1.165) is 5.69 Å². The predicted molar refractivity (Wildman–Crippen MR) is 91.2 cm³/mol. The molecule has 1 heteroatoms. The van der Waals surface area contributed by atoms with Crippen molar-refractivity contribution >= 4 is 16.3 Å². The molecule has 3 aliphatic rings. The van der Waals surface area contributed by atoms with Crippen LogP contribution in [0.1, 0.15) is 18.5 Å². The van der Waals surface area contributed by atoms with E-state index in [4.69, 9.17) is 4.98 Å². The number of pyridine rings is 1. The summed E-state index contributed by atoms with van der Waals surface area (Å²) in [4.78, 5) is 4.74. The summed E-state index contributed by atoms with van der Waals surface area (Å²) in [5.74, 6) is 1.05. The molecule has 0 amide bonds. The van der Waals surface area contributed by atoms with E-state index in [0.29, 0.717) is 11.8 Å². The molecule has 0 aliphatic heterocycles. The van der Waals surface area contributed by atoms with Gasteiger partial charge in [-0.3, -0.25) is 4.98 Å². The minimum absolute atomic E-state index is 0.459. The average molecular weight is 283 g/mol. The Kier molecular flexibility index (Phi) is 2.51. The van der Waals surface area contributed by atoms with Crippen LogP contribution in [0.2, 0.25) is 0 Å². The van der Waals surface area contributed by atoms with Crippen molar-refractivity contribution in [1.29, 1.82) is 0 Å². The highest BCUT2D eigenvalue weighted by Crippen LogP contribution is 2.50. The summed E-state index contributed by atoms with van der Waals surface area (Å²) in [5.41, 5.74) is 5.72. The molecule has 1 aromatic carbocycles. The molecule has 0 saturated heterocycles. The van der Waals surface area contributed by atoms with Crippen molar-refractivity contribution in [1.82, 2.24) is 4.98 Å².